The molecule has 0 saturated heterocycles. The number of fused-ring (bicyclic) bond motifs is 2. The van der Waals surface area contributed by atoms with E-state index in [1.54, 1.807) is 7.11 Å². The van der Waals surface area contributed by atoms with Crippen molar-refractivity contribution >= 4 is 16.8 Å². The van der Waals surface area contributed by atoms with Crippen molar-refractivity contribution in [2.75, 3.05) is 13.7 Å². The standard InChI is InChI=1S/C20H20N2O2/c1-24-20(11-15-7-2-3-8-16(15)12-20)13-21-19(23)18-10-14-6-4-5-9-17(14)22-18/h2-10,22H,11-13H2,1H3,(H,21,23). The predicted octanol–water partition coefficient (Wildman–Crippen LogP) is 3.08. The summed E-state index contributed by atoms with van der Waals surface area (Å²) in [6, 6.07) is 18.1. The number of hydrogen-bond donors (Lipinski definition) is 2. The van der Waals surface area contributed by atoms with Crippen LogP contribution in [-0.4, -0.2) is 30.1 Å². The average molecular weight is 320 g/mol. The van der Waals surface area contributed by atoms with Crippen molar-refractivity contribution < 1.29 is 9.53 Å². The minimum absolute atomic E-state index is 0.0985. The quantitative estimate of drug-likeness (QED) is 0.776. The zero-order valence-electron chi connectivity index (χ0n) is 13.6. The van der Waals surface area contributed by atoms with E-state index in [2.05, 4.69) is 22.4 Å². The molecule has 1 aliphatic carbocycles. The third kappa shape index (κ3) is 2.59. The highest BCUT2D eigenvalue weighted by molar-refractivity contribution is 5.98. The van der Waals surface area contributed by atoms with E-state index in [0.717, 1.165) is 23.7 Å². The Balaban J connectivity index is 1.48. The summed E-state index contributed by atoms with van der Waals surface area (Å²) < 4.78 is 5.80. The Kier molecular flexibility index (Phi) is 3.62. The second-order valence-corrected chi connectivity index (χ2v) is 6.46. The van der Waals surface area contributed by atoms with Crippen molar-refractivity contribution in [3.05, 3.63) is 71.4 Å². The topological polar surface area (TPSA) is 54.1 Å². The van der Waals surface area contributed by atoms with E-state index in [0.29, 0.717) is 12.2 Å². The second-order valence-electron chi connectivity index (χ2n) is 6.46. The lowest BCUT2D eigenvalue weighted by Crippen LogP contribution is -2.45. The van der Waals surface area contributed by atoms with Gasteiger partial charge in [-0.25, -0.2) is 0 Å². The van der Waals surface area contributed by atoms with Crippen LogP contribution in [0.3, 0.4) is 0 Å². The minimum atomic E-state index is -0.356. The van der Waals surface area contributed by atoms with Gasteiger partial charge in [-0.2, -0.15) is 0 Å². The molecule has 4 heteroatoms. The Morgan fingerprint density at radius 3 is 2.46 bits per heavy atom. The summed E-state index contributed by atoms with van der Waals surface area (Å²) in [4.78, 5) is 15.7. The molecule has 1 aliphatic rings. The molecule has 0 fully saturated rings. The molecule has 0 saturated carbocycles. The Morgan fingerprint density at radius 2 is 1.79 bits per heavy atom. The maximum Gasteiger partial charge on any atom is 0.267 e. The smallest absolute Gasteiger partial charge is 0.267 e. The number of hydrogen-bond acceptors (Lipinski definition) is 2. The molecule has 0 spiro atoms. The van der Waals surface area contributed by atoms with Crippen LogP contribution in [0.2, 0.25) is 0 Å². The van der Waals surface area contributed by atoms with Crippen molar-refractivity contribution in [2.24, 2.45) is 0 Å². The third-order valence-corrected chi connectivity index (χ3v) is 4.92. The Bertz CT molecular complexity index is 839. The molecule has 0 atom stereocenters. The van der Waals surface area contributed by atoms with Crippen LogP contribution in [0.4, 0.5) is 0 Å². The van der Waals surface area contributed by atoms with Gasteiger partial charge >= 0.3 is 0 Å². The zero-order valence-corrected chi connectivity index (χ0v) is 13.6. The van der Waals surface area contributed by atoms with Crippen LogP contribution < -0.4 is 5.32 Å². The number of carbonyl (C=O) groups excluding carboxylic acids is 1. The number of nitrogens with one attached hydrogen (secondary N) is 2. The van der Waals surface area contributed by atoms with E-state index in [9.17, 15) is 4.79 Å². The van der Waals surface area contributed by atoms with Crippen LogP contribution in [0.15, 0.2) is 54.6 Å². The largest absolute Gasteiger partial charge is 0.376 e. The number of para-hydroxylation sites is 1. The Labute approximate surface area is 140 Å². The highest BCUT2D eigenvalue weighted by atomic mass is 16.5. The van der Waals surface area contributed by atoms with Crippen molar-refractivity contribution in [1.29, 1.82) is 0 Å². The monoisotopic (exact) mass is 320 g/mol. The number of benzene rings is 2. The molecule has 4 nitrogen and oxygen atoms in total. The predicted molar refractivity (Wildman–Crippen MR) is 94.2 cm³/mol. The normalized spacial score (nSPS) is 15.4. The SMILES string of the molecule is COC1(CNC(=O)c2cc3ccccc3[nH]2)Cc2ccccc2C1. The van der Waals surface area contributed by atoms with Crippen molar-refractivity contribution in [1.82, 2.24) is 10.3 Å². The highest BCUT2D eigenvalue weighted by Gasteiger charge is 2.37. The first-order chi connectivity index (χ1) is 11.7. The van der Waals surface area contributed by atoms with Crippen LogP contribution in [0.1, 0.15) is 21.6 Å². The molecule has 1 heterocycles. The molecule has 0 bridgehead atoms. The maximum absolute atomic E-state index is 12.5. The molecule has 1 amide bonds. The number of methoxy groups -OCH3 is 1. The summed E-state index contributed by atoms with van der Waals surface area (Å²) >= 11 is 0. The number of amides is 1. The number of rotatable bonds is 4. The van der Waals surface area contributed by atoms with Crippen LogP contribution in [-0.2, 0) is 17.6 Å². The van der Waals surface area contributed by atoms with Gasteiger partial charge in [-0.1, -0.05) is 42.5 Å². The van der Waals surface area contributed by atoms with E-state index >= 15 is 0 Å². The lowest BCUT2D eigenvalue weighted by Gasteiger charge is -2.27. The van der Waals surface area contributed by atoms with Crippen LogP contribution in [0.5, 0.6) is 0 Å². The fourth-order valence-corrected chi connectivity index (χ4v) is 3.53. The van der Waals surface area contributed by atoms with Gasteiger partial charge in [0.25, 0.3) is 5.91 Å². The molecule has 2 aromatic carbocycles. The number of H-pyrrole nitrogens is 1. The summed E-state index contributed by atoms with van der Waals surface area (Å²) in [7, 11) is 1.72. The Morgan fingerprint density at radius 1 is 1.12 bits per heavy atom. The first kappa shape index (κ1) is 15.0. The fourth-order valence-electron chi connectivity index (χ4n) is 3.53. The first-order valence-electron chi connectivity index (χ1n) is 8.17. The van der Waals surface area contributed by atoms with E-state index in [1.807, 2.05) is 42.5 Å². The van der Waals surface area contributed by atoms with Gasteiger partial charge in [-0.15, -0.1) is 0 Å². The lowest BCUT2D eigenvalue weighted by atomic mass is 10.00. The summed E-state index contributed by atoms with van der Waals surface area (Å²) in [5.74, 6) is -0.0985. The third-order valence-electron chi connectivity index (χ3n) is 4.92. The van der Waals surface area contributed by atoms with Crippen LogP contribution in [0.25, 0.3) is 10.9 Å². The van der Waals surface area contributed by atoms with Gasteiger partial charge in [-0.3, -0.25) is 4.79 Å². The first-order valence-corrected chi connectivity index (χ1v) is 8.17. The van der Waals surface area contributed by atoms with Crippen LogP contribution >= 0.6 is 0 Å². The molecule has 24 heavy (non-hydrogen) atoms. The summed E-state index contributed by atoms with van der Waals surface area (Å²) in [5.41, 5.74) is 3.81. The molecular formula is C20H20N2O2. The van der Waals surface area contributed by atoms with E-state index in [-0.39, 0.29) is 11.5 Å². The summed E-state index contributed by atoms with van der Waals surface area (Å²) in [6.45, 7) is 0.492. The molecule has 0 radical (unpaired) electrons. The van der Waals surface area contributed by atoms with Gasteiger partial charge in [0.1, 0.15) is 5.69 Å². The van der Waals surface area contributed by atoms with Crippen molar-refractivity contribution in [3.8, 4) is 0 Å². The molecule has 1 aromatic heterocycles. The number of aromatic nitrogens is 1. The number of ether oxygens (including phenoxy) is 1. The molecule has 2 N–H and O–H groups in total. The average Bonchev–Trinajstić information content (AvgIpc) is 3.21. The molecular weight excluding hydrogens is 300 g/mol. The molecule has 4 rings (SSSR count). The Hall–Kier alpha value is -2.59. The van der Waals surface area contributed by atoms with Crippen LogP contribution in [0, 0.1) is 0 Å². The van der Waals surface area contributed by atoms with Gasteiger partial charge in [0, 0.05) is 37.4 Å². The number of carbonyl (C=O) groups is 1. The molecule has 0 aliphatic heterocycles. The van der Waals surface area contributed by atoms with Gasteiger partial charge in [-0.05, 0) is 23.3 Å². The summed E-state index contributed by atoms with van der Waals surface area (Å²) in [5, 5.41) is 4.07. The summed E-state index contributed by atoms with van der Waals surface area (Å²) in [6.07, 6.45) is 1.65. The van der Waals surface area contributed by atoms with E-state index in [1.165, 1.54) is 11.1 Å². The van der Waals surface area contributed by atoms with Gasteiger partial charge < -0.3 is 15.0 Å². The molecule has 122 valence electrons. The van der Waals surface area contributed by atoms with E-state index < -0.39 is 0 Å². The fraction of sp³-hybridized carbons (Fsp3) is 0.250. The van der Waals surface area contributed by atoms with Gasteiger partial charge in [0.2, 0.25) is 0 Å². The number of aromatic amines is 1. The van der Waals surface area contributed by atoms with Crippen molar-refractivity contribution in [3.63, 3.8) is 0 Å². The van der Waals surface area contributed by atoms with E-state index in [4.69, 9.17) is 4.74 Å². The highest BCUT2D eigenvalue weighted by Crippen LogP contribution is 2.32. The lowest BCUT2D eigenvalue weighted by molar-refractivity contribution is 0.000145. The van der Waals surface area contributed by atoms with Crippen molar-refractivity contribution in [2.45, 2.75) is 18.4 Å². The van der Waals surface area contributed by atoms with Gasteiger partial charge in [0.05, 0.1) is 5.60 Å². The minimum Gasteiger partial charge on any atom is -0.376 e. The second kappa shape index (κ2) is 5.80. The molecule has 0 unspecified atom stereocenters. The zero-order chi connectivity index (χ0) is 16.6. The maximum atomic E-state index is 12.5. The van der Waals surface area contributed by atoms with Gasteiger partial charge in [0.15, 0.2) is 0 Å². The molecule has 3 aromatic rings.